The van der Waals surface area contributed by atoms with Gasteiger partial charge in [-0.05, 0) is 25.1 Å². The third-order valence-electron chi connectivity index (χ3n) is 2.59. The summed E-state index contributed by atoms with van der Waals surface area (Å²) in [7, 11) is 1.39. The molecule has 0 bridgehead atoms. The fourth-order valence-corrected chi connectivity index (χ4v) is 1.54. The number of hydrogen-bond donors (Lipinski definition) is 3. The van der Waals surface area contributed by atoms with Crippen molar-refractivity contribution in [3.63, 3.8) is 0 Å². The standard InChI is InChI=1S/C12H13F3N2O3/c1-6(10(18)16-2)17-9-4-3-7(12(13,14)15)5-8(9)11(19)20/h3-6,17H,1-2H3,(H,16,18)(H,19,20). The van der Waals surface area contributed by atoms with Crippen LogP contribution in [0.15, 0.2) is 18.2 Å². The topological polar surface area (TPSA) is 78.4 Å². The van der Waals surface area contributed by atoms with Crippen molar-refractivity contribution < 1.29 is 27.9 Å². The molecule has 1 unspecified atom stereocenters. The number of halogens is 3. The zero-order chi connectivity index (χ0) is 15.5. The first-order valence-electron chi connectivity index (χ1n) is 5.59. The quantitative estimate of drug-likeness (QED) is 0.792. The van der Waals surface area contributed by atoms with Crippen LogP contribution < -0.4 is 10.6 Å². The van der Waals surface area contributed by atoms with Gasteiger partial charge in [-0.25, -0.2) is 4.79 Å². The highest BCUT2D eigenvalue weighted by molar-refractivity contribution is 5.95. The second-order valence-corrected chi connectivity index (χ2v) is 4.04. The number of carboxylic acids is 1. The van der Waals surface area contributed by atoms with Crippen molar-refractivity contribution in [2.45, 2.75) is 19.1 Å². The van der Waals surface area contributed by atoms with Gasteiger partial charge < -0.3 is 15.7 Å². The smallest absolute Gasteiger partial charge is 0.416 e. The van der Waals surface area contributed by atoms with E-state index in [0.29, 0.717) is 6.07 Å². The molecule has 3 N–H and O–H groups in total. The summed E-state index contributed by atoms with van der Waals surface area (Å²) in [5.41, 5.74) is -1.66. The Bertz CT molecular complexity index is 529. The van der Waals surface area contributed by atoms with E-state index in [-0.39, 0.29) is 5.69 Å². The number of likely N-dealkylation sites (N-methyl/N-ethyl adjacent to an activating group) is 1. The van der Waals surface area contributed by atoms with E-state index in [0.717, 1.165) is 12.1 Å². The minimum absolute atomic E-state index is 0.0541. The summed E-state index contributed by atoms with van der Waals surface area (Å²) in [4.78, 5) is 22.3. The van der Waals surface area contributed by atoms with Crippen LogP contribution >= 0.6 is 0 Å². The van der Waals surface area contributed by atoms with Crippen molar-refractivity contribution in [1.82, 2.24) is 5.32 Å². The Morgan fingerprint density at radius 1 is 1.30 bits per heavy atom. The summed E-state index contributed by atoms with van der Waals surface area (Å²) < 4.78 is 37.6. The van der Waals surface area contributed by atoms with Gasteiger partial charge in [0.25, 0.3) is 0 Å². The van der Waals surface area contributed by atoms with Gasteiger partial charge in [0, 0.05) is 12.7 Å². The van der Waals surface area contributed by atoms with E-state index in [1.807, 2.05) is 0 Å². The Kier molecular flexibility index (Phi) is 4.59. The Morgan fingerprint density at radius 3 is 2.35 bits per heavy atom. The highest BCUT2D eigenvalue weighted by Crippen LogP contribution is 2.32. The third kappa shape index (κ3) is 3.62. The summed E-state index contributed by atoms with van der Waals surface area (Å²) in [5, 5.41) is 13.9. The van der Waals surface area contributed by atoms with E-state index in [1.165, 1.54) is 14.0 Å². The van der Waals surface area contributed by atoms with Gasteiger partial charge in [0.2, 0.25) is 5.91 Å². The van der Waals surface area contributed by atoms with Gasteiger partial charge in [-0.1, -0.05) is 0 Å². The lowest BCUT2D eigenvalue weighted by Gasteiger charge is -2.17. The first kappa shape index (κ1) is 15.8. The van der Waals surface area contributed by atoms with Gasteiger partial charge in [-0.3, -0.25) is 4.79 Å². The molecular weight excluding hydrogens is 277 g/mol. The Hall–Kier alpha value is -2.25. The molecule has 0 spiro atoms. The van der Waals surface area contributed by atoms with Crippen LogP contribution in [0.1, 0.15) is 22.8 Å². The van der Waals surface area contributed by atoms with Crippen molar-refractivity contribution in [2.24, 2.45) is 0 Å². The maximum Gasteiger partial charge on any atom is 0.416 e. The molecule has 0 aliphatic rings. The average molecular weight is 290 g/mol. The molecule has 1 atom stereocenters. The molecule has 20 heavy (non-hydrogen) atoms. The lowest BCUT2D eigenvalue weighted by atomic mass is 10.1. The van der Waals surface area contributed by atoms with E-state index in [2.05, 4.69) is 10.6 Å². The largest absolute Gasteiger partial charge is 0.478 e. The van der Waals surface area contributed by atoms with Crippen LogP contribution in [0, 0.1) is 0 Å². The van der Waals surface area contributed by atoms with Crippen molar-refractivity contribution in [2.75, 3.05) is 12.4 Å². The van der Waals surface area contributed by atoms with Crippen LogP contribution in [0.5, 0.6) is 0 Å². The number of anilines is 1. The molecule has 0 aliphatic heterocycles. The van der Waals surface area contributed by atoms with Gasteiger partial charge in [0.15, 0.2) is 0 Å². The molecule has 1 aromatic carbocycles. The summed E-state index contributed by atoms with van der Waals surface area (Å²) in [5.74, 6) is -1.93. The number of carbonyl (C=O) groups excluding carboxylic acids is 1. The molecule has 1 rings (SSSR count). The number of benzene rings is 1. The minimum atomic E-state index is -4.63. The molecule has 0 radical (unpaired) electrons. The van der Waals surface area contributed by atoms with Gasteiger partial charge in [0.1, 0.15) is 6.04 Å². The number of aromatic carboxylic acids is 1. The molecule has 110 valence electrons. The maximum atomic E-state index is 12.5. The van der Waals surface area contributed by atoms with E-state index in [9.17, 15) is 22.8 Å². The zero-order valence-corrected chi connectivity index (χ0v) is 10.7. The predicted molar refractivity (Wildman–Crippen MR) is 65.6 cm³/mol. The van der Waals surface area contributed by atoms with Crippen molar-refractivity contribution in [3.05, 3.63) is 29.3 Å². The molecule has 0 aromatic heterocycles. The molecule has 0 fully saturated rings. The molecule has 0 saturated carbocycles. The first-order valence-corrected chi connectivity index (χ1v) is 5.59. The lowest BCUT2D eigenvalue weighted by Crippen LogP contribution is -2.35. The molecular formula is C12H13F3N2O3. The van der Waals surface area contributed by atoms with E-state index in [4.69, 9.17) is 5.11 Å². The molecule has 8 heteroatoms. The number of rotatable bonds is 4. The first-order chi connectivity index (χ1) is 9.16. The molecule has 1 amide bonds. The summed E-state index contributed by atoms with van der Waals surface area (Å²) in [6.45, 7) is 1.46. The van der Waals surface area contributed by atoms with Gasteiger partial charge in [-0.2, -0.15) is 13.2 Å². The molecule has 5 nitrogen and oxygen atoms in total. The minimum Gasteiger partial charge on any atom is -0.478 e. The Labute approximate surface area is 112 Å². The van der Waals surface area contributed by atoms with Crippen LogP contribution in [0.25, 0.3) is 0 Å². The van der Waals surface area contributed by atoms with Crippen LogP contribution in [0.3, 0.4) is 0 Å². The second kappa shape index (κ2) is 5.81. The highest BCUT2D eigenvalue weighted by Gasteiger charge is 2.32. The van der Waals surface area contributed by atoms with Gasteiger partial charge in [-0.15, -0.1) is 0 Å². The van der Waals surface area contributed by atoms with Crippen molar-refractivity contribution in [1.29, 1.82) is 0 Å². The second-order valence-electron chi connectivity index (χ2n) is 4.04. The third-order valence-corrected chi connectivity index (χ3v) is 2.59. The molecule has 0 saturated heterocycles. The summed E-state index contributed by atoms with van der Waals surface area (Å²) >= 11 is 0. The van der Waals surface area contributed by atoms with Crippen LogP contribution in [0.4, 0.5) is 18.9 Å². The van der Waals surface area contributed by atoms with E-state index < -0.39 is 35.2 Å². The van der Waals surface area contributed by atoms with Gasteiger partial charge >= 0.3 is 12.1 Å². The van der Waals surface area contributed by atoms with Gasteiger partial charge in [0.05, 0.1) is 11.1 Å². The molecule has 0 aliphatic carbocycles. The fraction of sp³-hybridized carbons (Fsp3) is 0.333. The Balaban J connectivity index is 3.15. The number of amides is 1. The highest BCUT2D eigenvalue weighted by atomic mass is 19.4. The Morgan fingerprint density at radius 2 is 1.90 bits per heavy atom. The summed E-state index contributed by atoms with van der Waals surface area (Å²) in [6.07, 6.45) is -4.63. The molecule has 0 heterocycles. The van der Waals surface area contributed by atoms with Crippen LogP contribution in [-0.4, -0.2) is 30.1 Å². The number of nitrogens with one attached hydrogen (secondary N) is 2. The normalized spacial score (nSPS) is 12.7. The number of carboxylic acid groups (broad SMARTS) is 1. The SMILES string of the molecule is CNC(=O)C(C)Nc1ccc(C(F)(F)F)cc1C(=O)O. The lowest BCUT2D eigenvalue weighted by molar-refractivity contribution is -0.137. The summed E-state index contributed by atoms with van der Waals surface area (Å²) in [6, 6.07) is 1.49. The van der Waals surface area contributed by atoms with Crippen LogP contribution in [-0.2, 0) is 11.0 Å². The predicted octanol–water partition coefficient (Wildman–Crippen LogP) is 1.95. The number of alkyl halides is 3. The van der Waals surface area contributed by atoms with E-state index in [1.54, 1.807) is 0 Å². The fourth-order valence-electron chi connectivity index (χ4n) is 1.54. The van der Waals surface area contributed by atoms with Crippen molar-refractivity contribution in [3.8, 4) is 0 Å². The number of hydrogen-bond acceptors (Lipinski definition) is 3. The molecule has 1 aromatic rings. The van der Waals surface area contributed by atoms with Crippen LogP contribution in [0.2, 0.25) is 0 Å². The monoisotopic (exact) mass is 290 g/mol. The van der Waals surface area contributed by atoms with E-state index >= 15 is 0 Å². The number of carbonyl (C=O) groups is 2. The van der Waals surface area contributed by atoms with Crippen molar-refractivity contribution >= 4 is 17.6 Å². The average Bonchev–Trinajstić information content (AvgIpc) is 2.36. The zero-order valence-electron chi connectivity index (χ0n) is 10.7. The maximum absolute atomic E-state index is 12.5.